The van der Waals surface area contributed by atoms with E-state index in [-0.39, 0.29) is 5.91 Å². The van der Waals surface area contributed by atoms with E-state index in [0.717, 1.165) is 23.8 Å². The molecule has 1 aliphatic carbocycles. The summed E-state index contributed by atoms with van der Waals surface area (Å²) in [6, 6.07) is 6.90. The van der Waals surface area contributed by atoms with Crippen molar-refractivity contribution >= 4 is 11.6 Å². The average Bonchev–Trinajstić information content (AvgIpc) is 3.25. The molecule has 0 heterocycles. The van der Waals surface area contributed by atoms with Crippen molar-refractivity contribution in [2.75, 3.05) is 25.5 Å². The fourth-order valence-electron chi connectivity index (χ4n) is 2.30. The summed E-state index contributed by atoms with van der Waals surface area (Å²) in [5, 5.41) is 0. The van der Waals surface area contributed by atoms with Gasteiger partial charge >= 0.3 is 0 Å². The maximum absolute atomic E-state index is 12.2. The van der Waals surface area contributed by atoms with Crippen molar-refractivity contribution in [3.8, 4) is 0 Å². The highest BCUT2D eigenvalue weighted by Crippen LogP contribution is 2.25. The predicted molar refractivity (Wildman–Crippen MR) is 84.1 cm³/mol. The molecule has 0 atom stereocenters. The fraction of sp³-hybridized carbons (Fsp3) is 0.471. The maximum atomic E-state index is 12.2. The Balaban J connectivity index is 1.97. The van der Waals surface area contributed by atoms with Crippen LogP contribution in [0, 0.1) is 13.8 Å². The van der Waals surface area contributed by atoms with Crippen molar-refractivity contribution in [3.63, 3.8) is 0 Å². The van der Waals surface area contributed by atoms with E-state index in [0.29, 0.717) is 0 Å². The number of amides is 1. The number of nitrogens with zero attached hydrogens (tertiary/aromatic N) is 2. The highest BCUT2D eigenvalue weighted by atomic mass is 16.2. The van der Waals surface area contributed by atoms with Gasteiger partial charge in [-0.3, -0.25) is 9.69 Å². The number of benzene rings is 1. The number of hydrogen-bond donors (Lipinski definition) is 0. The number of aryl methyl sites for hydroxylation is 2. The van der Waals surface area contributed by atoms with Gasteiger partial charge in [-0.2, -0.15) is 0 Å². The van der Waals surface area contributed by atoms with Gasteiger partial charge in [0.25, 0.3) is 0 Å². The maximum Gasteiger partial charge on any atom is 0.250 e. The van der Waals surface area contributed by atoms with Crippen molar-refractivity contribution in [2.24, 2.45) is 0 Å². The van der Waals surface area contributed by atoms with E-state index in [2.05, 4.69) is 30.1 Å². The molecule has 2 rings (SSSR count). The normalized spacial score (nSPS) is 15.1. The van der Waals surface area contributed by atoms with Gasteiger partial charge in [0.2, 0.25) is 5.91 Å². The largest absolute Gasteiger partial charge is 0.312 e. The topological polar surface area (TPSA) is 23.6 Å². The number of likely N-dealkylation sites (N-methyl/N-ethyl adjacent to an activating group) is 2. The first-order chi connectivity index (χ1) is 9.49. The van der Waals surface area contributed by atoms with Crippen molar-refractivity contribution in [1.82, 2.24) is 4.90 Å². The number of carbonyl (C=O) groups excluding carboxylic acids is 1. The van der Waals surface area contributed by atoms with E-state index in [1.165, 1.54) is 18.4 Å². The molecule has 1 aromatic carbocycles. The molecule has 0 aromatic heterocycles. The molecular formula is C17H24N2O. The van der Waals surface area contributed by atoms with E-state index < -0.39 is 0 Å². The standard InChI is InChI=1S/C17H24N2O/c1-13-7-8-14(2)16(12-13)19(4)17(20)6-5-11-18(3)15-9-10-15/h5-8,12,15H,9-11H2,1-4H3/b6-5+. The minimum Gasteiger partial charge on any atom is -0.312 e. The van der Waals surface area contributed by atoms with Crippen LogP contribution in [0.4, 0.5) is 5.69 Å². The molecule has 20 heavy (non-hydrogen) atoms. The first-order valence-electron chi connectivity index (χ1n) is 7.20. The molecule has 1 saturated carbocycles. The van der Waals surface area contributed by atoms with E-state index in [4.69, 9.17) is 0 Å². The molecule has 1 fully saturated rings. The quantitative estimate of drug-likeness (QED) is 0.769. The average molecular weight is 272 g/mol. The smallest absolute Gasteiger partial charge is 0.250 e. The highest BCUT2D eigenvalue weighted by Gasteiger charge is 2.24. The van der Waals surface area contributed by atoms with Gasteiger partial charge in [0.05, 0.1) is 0 Å². The number of carbonyl (C=O) groups is 1. The van der Waals surface area contributed by atoms with E-state index in [9.17, 15) is 4.79 Å². The molecule has 108 valence electrons. The third kappa shape index (κ3) is 3.70. The van der Waals surface area contributed by atoms with Crippen LogP contribution in [0.3, 0.4) is 0 Å². The summed E-state index contributed by atoms with van der Waals surface area (Å²) in [5.74, 6) is 0.0305. The number of rotatable bonds is 5. The lowest BCUT2D eigenvalue weighted by Crippen LogP contribution is -2.26. The zero-order chi connectivity index (χ0) is 14.7. The second-order valence-electron chi connectivity index (χ2n) is 5.76. The van der Waals surface area contributed by atoms with Gasteiger partial charge in [-0.1, -0.05) is 18.2 Å². The number of anilines is 1. The minimum absolute atomic E-state index is 0.0305. The Morgan fingerprint density at radius 3 is 2.65 bits per heavy atom. The van der Waals surface area contributed by atoms with Crippen LogP contribution in [0.1, 0.15) is 24.0 Å². The van der Waals surface area contributed by atoms with Gasteiger partial charge in [0.1, 0.15) is 0 Å². The molecule has 0 unspecified atom stereocenters. The Bertz CT molecular complexity index is 518. The Morgan fingerprint density at radius 2 is 2.00 bits per heavy atom. The van der Waals surface area contributed by atoms with Crippen molar-refractivity contribution in [3.05, 3.63) is 41.5 Å². The Morgan fingerprint density at radius 1 is 1.30 bits per heavy atom. The Kier molecular flexibility index (Phi) is 4.61. The monoisotopic (exact) mass is 272 g/mol. The van der Waals surface area contributed by atoms with E-state index >= 15 is 0 Å². The zero-order valence-electron chi connectivity index (χ0n) is 12.9. The Hall–Kier alpha value is -1.61. The summed E-state index contributed by atoms with van der Waals surface area (Å²) in [6.07, 6.45) is 6.23. The zero-order valence-corrected chi connectivity index (χ0v) is 12.9. The van der Waals surface area contributed by atoms with Crippen LogP contribution in [0.5, 0.6) is 0 Å². The molecule has 0 saturated heterocycles. The summed E-state index contributed by atoms with van der Waals surface area (Å²) >= 11 is 0. The molecule has 1 aliphatic rings. The lowest BCUT2D eigenvalue weighted by Gasteiger charge is -2.19. The van der Waals surface area contributed by atoms with Crippen LogP contribution < -0.4 is 4.90 Å². The molecule has 3 heteroatoms. The Labute approximate surface area is 121 Å². The van der Waals surface area contributed by atoms with Crippen LogP contribution in [0.25, 0.3) is 0 Å². The van der Waals surface area contributed by atoms with Gasteiger partial charge in [-0.05, 0) is 50.9 Å². The van der Waals surface area contributed by atoms with Gasteiger partial charge in [-0.25, -0.2) is 0 Å². The third-order valence-corrected chi connectivity index (χ3v) is 3.88. The molecule has 0 spiro atoms. The van der Waals surface area contributed by atoms with Crippen molar-refractivity contribution in [2.45, 2.75) is 32.7 Å². The minimum atomic E-state index is 0.0305. The third-order valence-electron chi connectivity index (χ3n) is 3.88. The lowest BCUT2D eigenvalue weighted by atomic mass is 10.1. The highest BCUT2D eigenvalue weighted by molar-refractivity contribution is 6.01. The molecule has 3 nitrogen and oxygen atoms in total. The molecule has 0 radical (unpaired) electrons. The molecule has 0 aliphatic heterocycles. The molecule has 0 bridgehead atoms. The van der Waals surface area contributed by atoms with Crippen LogP contribution in [0.15, 0.2) is 30.4 Å². The van der Waals surface area contributed by atoms with Gasteiger partial charge in [0, 0.05) is 31.4 Å². The lowest BCUT2D eigenvalue weighted by molar-refractivity contribution is -0.113. The van der Waals surface area contributed by atoms with E-state index in [1.54, 1.807) is 11.0 Å². The first kappa shape index (κ1) is 14.8. The molecular weight excluding hydrogens is 248 g/mol. The van der Waals surface area contributed by atoms with Crippen LogP contribution in [0.2, 0.25) is 0 Å². The van der Waals surface area contributed by atoms with Gasteiger partial charge in [0.15, 0.2) is 0 Å². The van der Waals surface area contributed by atoms with Gasteiger partial charge in [-0.15, -0.1) is 0 Å². The first-order valence-corrected chi connectivity index (χ1v) is 7.20. The van der Waals surface area contributed by atoms with Crippen molar-refractivity contribution < 1.29 is 4.79 Å². The van der Waals surface area contributed by atoms with Crippen LogP contribution >= 0.6 is 0 Å². The van der Waals surface area contributed by atoms with Gasteiger partial charge < -0.3 is 4.90 Å². The SMILES string of the molecule is Cc1ccc(C)c(N(C)C(=O)/C=C/CN(C)C2CC2)c1. The van der Waals surface area contributed by atoms with Crippen molar-refractivity contribution in [1.29, 1.82) is 0 Å². The second kappa shape index (κ2) is 6.23. The number of hydrogen-bond acceptors (Lipinski definition) is 2. The van der Waals surface area contributed by atoms with E-state index in [1.807, 2.05) is 27.0 Å². The van der Waals surface area contributed by atoms with Crippen LogP contribution in [-0.4, -0.2) is 37.5 Å². The summed E-state index contributed by atoms with van der Waals surface area (Å²) in [7, 11) is 3.94. The summed E-state index contributed by atoms with van der Waals surface area (Å²) in [4.78, 5) is 16.2. The predicted octanol–water partition coefficient (Wildman–Crippen LogP) is 2.92. The summed E-state index contributed by atoms with van der Waals surface area (Å²) in [5.41, 5.74) is 3.27. The molecule has 1 aromatic rings. The molecule has 1 amide bonds. The fourth-order valence-corrected chi connectivity index (χ4v) is 2.30. The summed E-state index contributed by atoms with van der Waals surface area (Å²) < 4.78 is 0. The second-order valence-corrected chi connectivity index (χ2v) is 5.76. The summed E-state index contributed by atoms with van der Waals surface area (Å²) in [6.45, 7) is 4.92. The van der Waals surface area contributed by atoms with Crippen LogP contribution in [-0.2, 0) is 4.79 Å². The molecule has 0 N–H and O–H groups in total.